The van der Waals surface area contributed by atoms with Gasteiger partial charge in [0.25, 0.3) is 18.4 Å². The van der Waals surface area contributed by atoms with E-state index in [1.54, 1.807) is 24.9 Å². The van der Waals surface area contributed by atoms with E-state index in [0.29, 0.717) is 5.57 Å². The first-order valence-electron chi connectivity index (χ1n) is 6.36. The Kier molecular flexibility index (Phi) is 3.83. The fourth-order valence-corrected chi connectivity index (χ4v) is 2.51. The van der Waals surface area contributed by atoms with Crippen LogP contribution in [0.5, 0.6) is 0 Å². The topological polar surface area (TPSA) is 46.4 Å². The number of carbonyl (C=O) groups is 1. The number of allylic oxidation sites excluding steroid dienone is 1. The molecule has 4 nitrogen and oxygen atoms in total. The Morgan fingerprint density at radius 3 is 2.95 bits per heavy atom. The van der Waals surface area contributed by atoms with Crippen LogP contribution in [0.3, 0.4) is 0 Å². The predicted molar refractivity (Wildman–Crippen MR) is 70.5 cm³/mol. The van der Waals surface area contributed by atoms with Crippen LogP contribution in [0.25, 0.3) is 0 Å². The van der Waals surface area contributed by atoms with Crippen molar-refractivity contribution in [3.05, 3.63) is 11.6 Å². The average Bonchev–Trinajstić information content (AvgIpc) is 2.90. The molecule has 0 saturated carbocycles. The summed E-state index contributed by atoms with van der Waals surface area (Å²) in [6.45, 7) is 2.14. The molecule has 0 aromatic heterocycles. The second-order valence-electron chi connectivity index (χ2n) is 4.94. The van der Waals surface area contributed by atoms with Crippen LogP contribution in [0.2, 0.25) is 0 Å². The first-order chi connectivity index (χ1) is 8.95. The van der Waals surface area contributed by atoms with Gasteiger partial charge in [0.05, 0.1) is 17.5 Å². The maximum Gasteiger partial charge on any atom is 0.296 e. The summed E-state index contributed by atoms with van der Waals surface area (Å²) in [5.41, 5.74) is 0.541. The maximum absolute atomic E-state index is 14.0. The highest BCUT2D eigenvalue weighted by Crippen LogP contribution is 2.37. The first-order valence-corrected chi connectivity index (χ1v) is 6.36. The number of halogens is 2. The highest BCUT2D eigenvalue weighted by Gasteiger charge is 2.48. The lowest BCUT2D eigenvalue weighted by Crippen LogP contribution is -2.54. The van der Waals surface area contributed by atoms with Crippen LogP contribution >= 0.6 is 0 Å². The van der Waals surface area contributed by atoms with Crippen molar-refractivity contribution in [1.29, 1.82) is 0 Å². The Morgan fingerprint density at radius 2 is 2.37 bits per heavy atom. The molecule has 0 radical (unpaired) electrons. The fourth-order valence-electron chi connectivity index (χ4n) is 2.51. The Morgan fingerprint density at radius 1 is 1.63 bits per heavy atom. The Bertz CT molecular complexity index is 467. The summed E-state index contributed by atoms with van der Waals surface area (Å²) in [5, 5.41) is 2.55. The number of hydrogen-bond acceptors (Lipinski definition) is 2. The molecule has 2 aliphatic heterocycles. The zero-order valence-corrected chi connectivity index (χ0v) is 11.1. The maximum atomic E-state index is 14.0. The monoisotopic (exact) mass is 270 g/mol. The van der Waals surface area contributed by atoms with Crippen molar-refractivity contribution in [2.75, 3.05) is 20.1 Å². The van der Waals surface area contributed by atoms with Gasteiger partial charge in [-0.25, -0.2) is 8.78 Å². The van der Waals surface area contributed by atoms with Crippen LogP contribution in [0.15, 0.2) is 11.6 Å². The van der Waals surface area contributed by atoms with Crippen molar-refractivity contribution in [2.24, 2.45) is 5.92 Å². The smallest absolute Gasteiger partial charge is 0.296 e. The van der Waals surface area contributed by atoms with Gasteiger partial charge in [-0.2, -0.15) is 0 Å². The van der Waals surface area contributed by atoms with E-state index in [4.69, 9.17) is 0 Å². The zero-order chi connectivity index (χ0) is 14.0. The van der Waals surface area contributed by atoms with Gasteiger partial charge in [0.2, 0.25) is 5.91 Å². The van der Waals surface area contributed by atoms with Crippen molar-refractivity contribution in [1.82, 2.24) is 14.9 Å². The van der Waals surface area contributed by atoms with Crippen LogP contribution in [0, 0.1) is 5.92 Å². The van der Waals surface area contributed by atoms with Crippen LogP contribution in [-0.4, -0.2) is 55.3 Å². The lowest BCUT2D eigenvalue weighted by Gasteiger charge is -2.40. The van der Waals surface area contributed by atoms with Crippen LogP contribution in [0.1, 0.15) is 13.3 Å². The lowest BCUT2D eigenvalue weighted by molar-refractivity contribution is -0.132. The number of alkyl halides is 2. The van der Waals surface area contributed by atoms with Crippen molar-refractivity contribution in [3.63, 3.8) is 0 Å². The molecule has 2 heterocycles. The van der Waals surface area contributed by atoms with Crippen LogP contribution in [-0.2, 0) is 4.79 Å². The molecule has 6 heteroatoms. The quantitative estimate of drug-likeness (QED) is 0.746. The van der Waals surface area contributed by atoms with Crippen molar-refractivity contribution >= 4 is 18.3 Å². The molecule has 0 spiro atoms. The van der Waals surface area contributed by atoms with Gasteiger partial charge in [-0.05, 0) is 6.92 Å². The minimum atomic E-state index is -2.74. The molecule has 1 N–H and O–H groups in total. The molecule has 19 heavy (non-hydrogen) atoms. The summed E-state index contributed by atoms with van der Waals surface area (Å²) in [7, 11) is 1.55. The molecular formula is C13H18F2N3O+. The number of hydrogen-bond donors (Lipinski definition) is 1. The minimum absolute atomic E-state index is 0.149. The number of carbonyl (C=O) groups excluding carboxylic acids is 1. The summed E-state index contributed by atoms with van der Waals surface area (Å²) >= 11 is 0. The second kappa shape index (κ2) is 5.23. The largest absolute Gasteiger partial charge is 0.358 e. The van der Waals surface area contributed by atoms with E-state index in [-0.39, 0.29) is 25.4 Å². The van der Waals surface area contributed by atoms with Gasteiger partial charge in [0, 0.05) is 32.6 Å². The van der Waals surface area contributed by atoms with Gasteiger partial charge in [0.15, 0.2) is 0 Å². The summed E-state index contributed by atoms with van der Waals surface area (Å²) in [5.74, 6) is -3.78. The van der Waals surface area contributed by atoms with E-state index >= 15 is 0 Å². The third-order valence-electron chi connectivity index (χ3n) is 3.81. The lowest BCUT2D eigenvalue weighted by atomic mass is 9.86. The fraction of sp³-hybridized carbons (Fsp3) is 0.615. The predicted octanol–water partition coefficient (Wildman–Crippen LogP) is 0.227. The Hall–Kier alpha value is -1.52. The number of nitrogens with one attached hydrogen (secondary N) is 1. The van der Waals surface area contributed by atoms with E-state index in [2.05, 4.69) is 9.98 Å². The molecule has 2 unspecified atom stereocenters. The summed E-state index contributed by atoms with van der Waals surface area (Å²) in [4.78, 5) is 13.4. The van der Waals surface area contributed by atoms with E-state index < -0.39 is 17.9 Å². The number of likely N-dealkylation sites (N-methyl/N-ethyl adjacent to an activating group) is 1. The molecule has 2 aliphatic rings. The molecular weight excluding hydrogens is 252 g/mol. The molecule has 0 bridgehead atoms. The number of rotatable bonds is 3. The summed E-state index contributed by atoms with van der Waals surface area (Å²) in [6.07, 6.45) is 4.38. The number of piperidine rings is 1. The zero-order valence-electron chi connectivity index (χ0n) is 11.1. The number of likely N-dealkylation sites (tertiary alicyclic amines) is 1. The van der Waals surface area contributed by atoms with Crippen LogP contribution in [0.4, 0.5) is 8.78 Å². The molecule has 2 atom stereocenters. The molecule has 0 aromatic carbocycles. The van der Waals surface area contributed by atoms with Crippen molar-refractivity contribution < 1.29 is 13.6 Å². The van der Waals surface area contributed by atoms with Crippen LogP contribution < -0.4 is 9.98 Å². The highest BCUT2D eigenvalue weighted by atomic mass is 19.3. The molecule has 0 aromatic rings. The van der Waals surface area contributed by atoms with E-state index in [1.165, 1.54) is 12.4 Å². The van der Waals surface area contributed by atoms with E-state index in [9.17, 15) is 13.6 Å². The first kappa shape index (κ1) is 13.9. The second-order valence-corrected chi connectivity index (χ2v) is 4.94. The molecule has 1 amide bonds. The highest BCUT2D eigenvalue weighted by molar-refractivity contribution is 5.94. The summed E-state index contributed by atoms with van der Waals surface area (Å²) < 4.78 is 31.8. The van der Waals surface area contributed by atoms with Gasteiger partial charge < -0.3 is 5.32 Å². The average molecular weight is 270 g/mol. The van der Waals surface area contributed by atoms with Gasteiger partial charge >= 0.3 is 0 Å². The molecule has 1 fully saturated rings. The van der Waals surface area contributed by atoms with Gasteiger partial charge in [-0.15, -0.1) is 4.67 Å². The van der Waals surface area contributed by atoms with Gasteiger partial charge in [-0.1, -0.05) is 0 Å². The van der Waals surface area contributed by atoms with Gasteiger partial charge in [-0.3, -0.25) is 9.69 Å². The van der Waals surface area contributed by atoms with Crippen molar-refractivity contribution in [2.45, 2.75) is 25.3 Å². The standard InChI is InChI=1S/C13H17F2N3O/c1-9(12(19)16-2)18-6-4-13(14,15)11(8-18)10-3-5-17-7-10/h3,5,7,9,11H,4,6,8H2,1-2H3/p+1. The molecule has 2 rings (SSSR count). The molecule has 104 valence electrons. The third-order valence-corrected chi connectivity index (χ3v) is 3.81. The Labute approximate surface area is 110 Å². The minimum Gasteiger partial charge on any atom is -0.358 e. The Balaban J connectivity index is 2.12. The molecule has 0 aliphatic carbocycles. The number of amides is 1. The SMILES string of the molecule is CNC(=O)C(C)N1CCC(F)(F)C(C2=CC=[N+]=C2)C1. The normalized spacial score (nSPS) is 27.2. The van der Waals surface area contributed by atoms with Gasteiger partial charge in [0.1, 0.15) is 0 Å². The summed E-state index contributed by atoms with van der Waals surface area (Å²) in [6, 6.07) is -0.397. The van der Waals surface area contributed by atoms with E-state index in [0.717, 1.165) is 0 Å². The number of nitrogens with zero attached hydrogens (tertiary/aromatic N) is 2. The van der Waals surface area contributed by atoms with Crippen molar-refractivity contribution in [3.8, 4) is 0 Å². The third kappa shape index (κ3) is 2.74. The molecule has 1 saturated heterocycles. The van der Waals surface area contributed by atoms with E-state index in [1.807, 2.05) is 0 Å².